The summed E-state index contributed by atoms with van der Waals surface area (Å²) in [5.41, 5.74) is -2.21. The van der Waals surface area contributed by atoms with Crippen LogP contribution in [0.25, 0.3) is 0 Å². The predicted octanol–water partition coefficient (Wildman–Crippen LogP) is 2.28. The molecule has 0 aromatic rings. The van der Waals surface area contributed by atoms with E-state index >= 15 is 0 Å². The maximum atomic E-state index is 12.7. The summed E-state index contributed by atoms with van der Waals surface area (Å²) in [4.78, 5) is 46.5. The van der Waals surface area contributed by atoms with Crippen molar-refractivity contribution in [3.8, 4) is 0 Å². The molecule has 0 aromatic heterocycles. The van der Waals surface area contributed by atoms with Gasteiger partial charge in [0.15, 0.2) is 0 Å². The van der Waals surface area contributed by atoms with Crippen molar-refractivity contribution in [2.45, 2.75) is 90.9 Å². The molecule has 0 amide bonds. The fourth-order valence-electron chi connectivity index (χ4n) is 3.86. The minimum atomic E-state index is -1.10. The number of aliphatic carboxylic acids is 2. The lowest BCUT2D eigenvalue weighted by Crippen LogP contribution is -2.50. The Morgan fingerprint density at radius 1 is 0.594 bits per heavy atom. The second-order valence-electron chi connectivity index (χ2n) is 8.22. The Bertz CT molecular complexity index is 534. The molecule has 0 aliphatic heterocycles. The van der Waals surface area contributed by atoms with Crippen LogP contribution < -0.4 is 22.5 Å². The topological polar surface area (TPSA) is 206 Å². The van der Waals surface area contributed by atoms with Crippen molar-refractivity contribution < 1.29 is 38.9 Å². The normalized spacial score (nSPS) is 14.0. The quantitative estimate of drug-likeness (QED) is 0.240. The van der Waals surface area contributed by atoms with E-state index in [1.54, 1.807) is 13.8 Å². The summed E-state index contributed by atoms with van der Waals surface area (Å²) < 4.78 is 10.1. The summed E-state index contributed by atoms with van der Waals surface area (Å²) in [7, 11) is 2.58. The first-order chi connectivity index (χ1) is 14.0. The first-order valence-corrected chi connectivity index (χ1v) is 10.6. The number of quaternary nitrogens is 2. The number of carboxylic acid groups (broad SMARTS) is 2. The highest BCUT2D eigenvalue weighted by Crippen LogP contribution is 2.48. The second-order valence-corrected chi connectivity index (χ2v) is 8.22. The van der Waals surface area contributed by atoms with Gasteiger partial charge in [0.05, 0.1) is 25.0 Å². The number of carbonyl (C=O) groups excluding carboxylic acids is 4. The molecule has 10 nitrogen and oxygen atoms in total. The lowest BCUT2D eigenvalue weighted by Gasteiger charge is -2.42. The van der Waals surface area contributed by atoms with Crippen LogP contribution in [0.5, 0.6) is 0 Å². The monoisotopic (exact) mass is 464 g/mol. The highest BCUT2D eigenvalue weighted by atomic mass is 16.5. The number of carboxylic acids is 2. The molecule has 32 heavy (non-hydrogen) atoms. The smallest absolute Gasteiger partial charge is 0.312 e. The van der Waals surface area contributed by atoms with Crippen LogP contribution in [0, 0.1) is 10.8 Å². The van der Waals surface area contributed by atoms with Crippen LogP contribution in [0.4, 0.5) is 0 Å². The van der Waals surface area contributed by atoms with Crippen LogP contribution in [-0.2, 0) is 28.7 Å². The van der Waals surface area contributed by atoms with Crippen molar-refractivity contribution in [2.75, 3.05) is 14.2 Å². The number of carbonyl (C=O) groups is 4. The molecule has 0 aliphatic rings. The highest BCUT2D eigenvalue weighted by Gasteiger charge is 2.55. The van der Waals surface area contributed by atoms with E-state index in [0.29, 0.717) is 51.4 Å². The van der Waals surface area contributed by atoms with E-state index in [2.05, 4.69) is 0 Å². The number of methoxy groups -OCH3 is 2. The molecule has 2 atom stereocenters. The number of esters is 2. The maximum absolute atomic E-state index is 12.7. The Morgan fingerprint density at radius 3 is 1.12 bits per heavy atom. The zero-order valence-electron chi connectivity index (χ0n) is 20.8. The van der Waals surface area contributed by atoms with Crippen molar-refractivity contribution >= 4 is 23.9 Å². The van der Waals surface area contributed by atoms with E-state index < -0.39 is 34.7 Å². The Kier molecular flexibility index (Phi) is 18.7. The van der Waals surface area contributed by atoms with Gasteiger partial charge in [0.2, 0.25) is 0 Å². The maximum Gasteiger partial charge on any atom is 0.312 e. The van der Waals surface area contributed by atoms with E-state index in [-0.39, 0.29) is 25.1 Å². The summed E-state index contributed by atoms with van der Waals surface area (Å²) in [6.07, 6.45) is 5.95. The number of hydrogen-bond donors (Lipinski definition) is 2. The Hall–Kier alpha value is -2.20. The van der Waals surface area contributed by atoms with Gasteiger partial charge in [0.25, 0.3) is 0 Å². The van der Waals surface area contributed by atoms with Crippen LogP contribution in [0.1, 0.15) is 90.9 Å². The zero-order chi connectivity index (χ0) is 23.2. The first kappa shape index (κ1) is 34.4. The first-order valence-electron chi connectivity index (χ1n) is 10.6. The van der Waals surface area contributed by atoms with Crippen LogP contribution in [-0.4, -0.2) is 38.1 Å². The van der Waals surface area contributed by atoms with Gasteiger partial charge in [-0.25, -0.2) is 0 Å². The molecule has 0 aromatic carbocycles. The van der Waals surface area contributed by atoms with Gasteiger partial charge < -0.3 is 41.6 Å². The Balaban J connectivity index is -0.00000420. The van der Waals surface area contributed by atoms with Crippen LogP contribution >= 0.6 is 0 Å². The molecule has 2 unspecified atom stereocenters. The summed E-state index contributed by atoms with van der Waals surface area (Å²) in [5, 5.41) is 21.0. The van der Waals surface area contributed by atoms with Gasteiger partial charge in [-0.05, 0) is 52.4 Å². The number of rotatable bonds is 17. The van der Waals surface area contributed by atoms with E-state index in [9.17, 15) is 29.4 Å². The van der Waals surface area contributed by atoms with Gasteiger partial charge in [-0.2, -0.15) is 0 Å². The third-order valence-electron chi connectivity index (χ3n) is 6.11. The van der Waals surface area contributed by atoms with Crippen molar-refractivity contribution in [3.05, 3.63) is 0 Å². The van der Waals surface area contributed by atoms with Crippen molar-refractivity contribution in [2.24, 2.45) is 10.8 Å². The highest BCUT2D eigenvalue weighted by molar-refractivity contribution is 5.87. The average Bonchev–Trinajstić information content (AvgIpc) is 2.70. The third kappa shape index (κ3) is 10.9. The molecule has 0 radical (unpaired) electrons. The minimum Gasteiger partial charge on any atom is -0.550 e. The number of ether oxygens (including phenoxy) is 2. The molecule has 0 spiro atoms. The zero-order valence-corrected chi connectivity index (χ0v) is 20.8. The summed E-state index contributed by atoms with van der Waals surface area (Å²) in [6, 6.07) is 0. The molecule has 8 N–H and O–H groups in total. The molecule has 10 heteroatoms. The van der Waals surface area contributed by atoms with Gasteiger partial charge in [-0.1, -0.05) is 38.5 Å². The van der Waals surface area contributed by atoms with Gasteiger partial charge >= 0.3 is 11.9 Å². The van der Waals surface area contributed by atoms with Gasteiger partial charge in [-0.3, -0.25) is 9.59 Å². The van der Waals surface area contributed by atoms with Crippen molar-refractivity contribution in [1.29, 1.82) is 0 Å². The van der Waals surface area contributed by atoms with E-state index in [1.807, 2.05) is 0 Å². The predicted molar refractivity (Wildman–Crippen MR) is 118 cm³/mol. The SMILES string of the molecule is COC(=O)C(C)(CCCCCCC(=O)[O-])C(C)(CCCCCCC(=O)[O-])C(=O)OC.[NH4+].[NH4+]. The molecular weight excluding hydrogens is 420 g/mol. The molecule has 0 rings (SSSR count). The standard InChI is InChI=1S/C22H38O8.2H3N/c1-21(19(27)29-3,15-11-7-5-9-13-17(23)24)22(2,20(28)30-4)16-12-8-6-10-14-18(25)26;;/h5-16H2,1-4H3,(H,23,24)(H,25,26);2*1H3. The number of unbranched alkanes of at least 4 members (excludes halogenated alkanes) is 6. The van der Waals surface area contributed by atoms with Crippen LogP contribution in [0.15, 0.2) is 0 Å². The molecule has 0 saturated heterocycles. The average molecular weight is 465 g/mol. The minimum absolute atomic E-state index is 0. The molecule has 0 saturated carbocycles. The molecule has 0 heterocycles. The largest absolute Gasteiger partial charge is 0.550 e. The Morgan fingerprint density at radius 2 is 0.875 bits per heavy atom. The fourth-order valence-corrected chi connectivity index (χ4v) is 3.86. The van der Waals surface area contributed by atoms with Crippen molar-refractivity contribution in [3.63, 3.8) is 0 Å². The molecule has 0 aliphatic carbocycles. The van der Waals surface area contributed by atoms with Crippen molar-refractivity contribution in [1.82, 2.24) is 12.3 Å². The Labute approximate surface area is 191 Å². The lowest BCUT2D eigenvalue weighted by atomic mass is 9.60. The van der Waals surface area contributed by atoms with E-state index in [1.165, 1.54) is 14.2 Å². The fraction of sp³-hybridized carbons (Fsp3) is 0.818. The van der Waals surface area contributed by atoms with Gasteiger partial charge in [-0.15, -0.1) is 0 Å². The van der Waals surface area contributed by atoms with E-state index in [4.69, 9.17) is 9.47 Å². The summed E-state index contributed by atoms with van der Waals surface area (Å²) in [6.45, 7) is 3.43. The molecule has 190 valence electrons. The van der Waals surface area contributed by atoms with Gasteiger partial charge in [0.1, 0.15) is 0 Å². The van der Waals surface area contributed by atoms with Crippen LogP contribution in [0.2, 0.25) is 0 Å². The third-order valence-corrected chi connectivity index (χ3v) is 6.11. The van der Waals surface area contributed by atoms with Gasteiger partial charge in [0, 0.05) is 11.9 Å². The lowest BCUT2D eigenvalue weighted by molar-refractivity contribution is -0.307. The van der Waals surface area contributed by atoms with Crippen LogP contribution in [0.3, 0.4) is 0 Å². The summed E-state index contributed by atoms with van der Waals surface area (Å²) >= 11 is 0. The summed E-state index contributed by atoms with van der Waals surface area (Å²) in [5.74, 6) is -3.12. The molecule has 0 fully saturated rings. The second kappa shape index (κ2) is 17.4. The molecule has 0 bridgehead atoms. The molecular formula is C22H44N2O8. The number of hydrogen-bond acceptors (Lipinski definition) is 8. The van der Waals surface area contributed by atoms with E-state index in [0.717, 1.165) is 12.8 Å².